The van der Waals surface area contributed by atoms with Crippen molar-refractivity contribution in [3.05, 3.63) is 87.2 Å². The second-order valence-electron chi connectivity index (χ2n) is 6.15. The number of aromatic nitrogens is 3. The standard InChI is InChI=1S/C20H13ClN4O4/c1-29-18-7-6-15(25(27)28)8-16(18)20(26)13-10-22-19-9-17(23-24(19)11-13)12-2-4-14(21)5-3-12/h2-11H,1H3. The van der Waals surface area contributed by atoms with Gasteiger partial charge in [-0.3, -0.25) is 14.9 Å². The lowest BCUT2D eigenvalue weighted by atomic mass is 10.0. The Labute approximate surface area is 169 Å². The van der Waals surface area contributed by atoms with Gasteiger partial charge in [0.1, 0.15) is 5.75 Å². The molecular weight excluding hydrogens is 396 g/mol. The first-order chi connectivity index (χ1) is 14.0. The molecule has 4 rings (SSSR count). The third kappa shape index (κ3) is 3.53. The predicted octanol–water partition coefficient (Wildman–Crippen LogP) is 4.20. The largest absolute Gasteiger partial charge is 0.496 e. The van der Waals surface area contributed by atoms with E-state index in [9.17, 15) is 14.9 Å². The first-order valence-corrected chi connectivity index (χ1v) is 8.82. The van der Waals surface area contributed by atoms with Gasteiger partial charge in [0.25, 0.3) is 5.69 Å². The molecule has 0 N–H and O–H groups in total. The van der Waals surface area contributed by atoms with Gasteiger partial charge in [0.05, 0.1) is 28.9 Å². The highest BCUT2D eigenvalue weighted by molar-refractivity contribution is 6.30. The smallest absolute Gasteiger partial charge is 0.270 e. The van der Waals surface area contributed by atoms with Crippen LogP contribution >= 0.6 is 11.6 Å². The monoisotopic (exact) mass is 408 g/mol. The number of halogens is 1. The number of nitro benzene ring substituents is 1. The van der Waals surface area contributed by atoms with Crippen molar-refractivity contribution in [3.63, 3.8) is 0 Å². The second-order valence-corrected chi connectivity index (χ2v) is 6.59. The number of carbonyl (C=O) groups excluding carboxylic acids is 1. The van der Waals surface area contributed by atoms with Crippen LogP contribution in [0.3, 0.4) is 0 Å². The Kier molecular flexibility index (Phi) is 4.69. The highest BCUT2D eigenvalue weighted by Gasteiger charge is 2.20. The van der Waals surface area contributed by atoms with E-state index < -0.39 is 10.7 Å². The molecule has 0 amide bonds. The van der Waals surface area contributed by atoms with Gasteiger partial charge in [-0.05, 0) is 18.2 Å². The average molecular weight is 409 g/mol. The summed E-state index contributed by atoms with van der Waals surface area (Å²) in [7, 11) is 1.39. The van der Waals surface area contributed by atoms with Crippen LogP contribution < -0.4 is 4.74 Å². The lowest BCUT2D eigenvalue weighted by Crippen LogP contribution is -2.07. The van der Waals surface area contributed by atoms with Crippen LogP contribution in [0.5, 0.6) is 5.75 Å². The normalized spacial score (nSPS) is 10.8. The number of rotatable bonds is 5. The number of benzene rings is 2. The molecule has 0 aliphatic carbocycles. The number of carbonyl (C=O) groups is 1. The van der Waals surface area contributed by atoms with Crippen LogP contribution in [0.1, 0.15) is 15.9 Å². The van der Waals surface area contributed by atoms with Crippen molar-refractivity contribution in [2.75, 3.05) is 7.11 Å². The van der Waals surface area contributed by atoms with Crippen molar-refractivity contribution < 1.29 is 14.5 Å². The second kappa shape index (κ2) is 7.33. The van der Waals surface area contributed by atoms with Crippen molar-refractivity contribution in [2.24, 2.45) is 0 Å². The van der Waals surface area contributed by atoms with E-state index in [1.54, 1.807) is 18.2 Å². The van der Waals surface area contributed by atoms with Crippen LogP contribution in [-0.4, -0.2) is 32.4 Å². The van der Waals surface area contributed by atoms with E-state index in [1.807, 2.05) is 12.1 Å². The van der Waals surface area contributed by atoms with Crippen molar-refractivity contribution in [2.45, 2.75) is 0 Å². The summed E-state index contributed by atoms with van der Waals surface area (Å²) in [6.07, 6.45) is 2.94. The average Bonchev–Trinajstić information content (AvgIpc) is 3.16. The van der Waals surface area contributed by atoms with Crippen LogP contribution in [0, 0.1) is 10.1 Å². The number of fused-ring (bicyclic) bond motifs is 1. The van der Waals surface area contributed by atoms with Crippen molar-refractivity contribution in [1.29, 1.82) is 0 Å². The molecular formula is C20H13ClN4O4. The summed E-state index contributed by atoms with van der Waals surface area (Å²) in [6.45, 7) is 0. The van der Waals surface area contributed by atoms with Gasteiger partial charge in [-0.15, -0.1) is 0 Å². The van der Waals surface area contributed by atoms with Crippen LogP contribution in [0.4, 0.5) is 5.69 Å². The van der Waals surface area contributed by atoms with E-state index in [-0.39, 0.29) is 22.6 Å². The zero-order valence-corrected chi connectivity index (χ0v) is 15.8. The van der Waals surface area contributed by atoms with E-state index >= 15 is 0 Å². The quantitative estimate of drug-likeness (QED) is 0.279. The molecule has 4 aromatic rings. The molecule has 9 heteroatoms. The molecule has 0 saturated heterocycles. The van der Waals surface area contributed by atoms with Gasteiger partial charge in [0.2, 0.25) is 0 Å². The number of non-ortho nitro benzene ring substituents is 1. The Bertz CT molecular complexity index is 1250. The van der Waals surface area contributed by atoms with E-state index in [0.29, 0.717) is 16.4 Å². The van der Waals surface area contributed by atoms with Gasteiger partial charge in [-0.1, -0.05) is 23.7 Å². The summed E-state index contributed by atoms with van der Waals surface area (Å²) >= 11 is 5.92. The fraction of sp³-hybridized carbons (Fsp3) is 0.0500. The van der Waals surface area contributed by atoms with E-state index in [4.69, 9.17) is 16.3 Å². The molecule has 0 spiro atoms. The Morgan fingerprint density at radius 3 is 2.62 bits per heavy atom. The van der Waals surface area contributed by atoms with Gasteiger partial charge >= 0.3 is 0 Å². The SMILES string of the molecule is COc1ccc([N+](=O)[O-])cc1C(=O)c1cnc2cc(-c3ccc(Cl)cc3)nn2c1. The molecule has 144 valence electrons. The molecule has 0 bridgehead atoms. The van der Waals surface area contributed by atoms with E-state index in [1.165, 1.54) is 42.2 Å². The molecule has 0 fully saturated rings. The number of methoxy groups -OCH3 is 1. The molecule has 2 aromatic heterocycles. The summed E-state index contributed by atoms with van der Waals surface area (Å²) in [5.74, 6) is -0.216. The number of nitrogens with zero attached hydrogens (tertiary/aromatic N) is 4. The van der Waals surface area contributed by atoms with Crippen molar-refractivity contribution in [3.8, 4) is 17.0 Å². The topological polar surface area (TPSA) is 99.6 Å². The minimum atomic E-state index is -0.566. The highest BCUT2D eigenvalue weighted by atomic mass is 35.5. The Morgan fingerprint density at radius 1 is 1.17 bits per heavy atom. The summed E-state index contributed by atoms with van der Waals surface area (Å²) < 4.78 is 6.67. The molecule has 2 heterocycles. The van der Waals surface area contributed by atoms with E-state index in [0.717, 1.165) is 5.56 Å². The zero-order chi connectivity index (χ0) is 20.5. The molecule has 0 unspecified atom stereocenters. The molecule has 0 atom stereocenters. The summed E-state index contributed by atoms with van der Waals surface area (Å²) in [6, 6.07) is 12.8. The molecule has 29 heavy (non-hydrogen) atoms. The number of nitro groups is 1. The van der Waals surface area contributed by atoms with Gasteiger partial charge in [0, 0.05) is 41.2 Å². The molecule has 0 aliphatic rings. The number of hydrogen-bond acceptors (Lipinski definition) is 6. The Morgan fingerprint density at radius 2 is 1.93 bits per heavy atom. The summed E-state index contributed by atoms with van der Waals surface area (Å²) in [5, 5.41) is 16.1. The minimum Gasteiger partial charge on any atom is -0.496 e. The first-order valence-electron chi connectivity index (χ1n) is 8.45. The van der Waals surface area contributed by atoms with E-state index in [2.05, 4.69) is 10.1 Å². The van der Waals surface area contributed by atoms with Gasteiger partial charge in [0.15, 0.2) is 11.4 Å². The zero-order valence-electron chi connectivity index (χ0n) is 15.1. The lowest BCUT2D eigenvalue weighted by Gasteiger charge is -2.07. The third-order valence-corrected chi connectivity index (χ3v) is 4.61. The predicted molar refractivity (Wildman–Crippen MR) is 107 cm³/mol. The van der Waals surface area contributed by atoms with Gasteiger partial charge in [-0.25, -0.2) is 9.50 Å². The summed E-state index contributed by atoms with van der Waals surface area (Å²) in [4.78, 5) is 27.7. The van der Waals surface area contributed by atoms with Crippen LogP contribution in [0.15, 0.2) is 60.9 Å². The molecule has 0 radical (unpaired) electrons. The van der Waals surface area contributed by atoms with Gasteiger partial charge in [-0.2, -0.15) is 5.10 Å². The molecule has 8 nitrogen and oxygen atoms in total. The summed E-state index contributed by atoms with van der Waals surface area (Å²) in [5.41, 5.74) is 2.18. The fourth-order valence-corrected chi connectivity index (χ4v) is 3.02. The molecule has 0 saturated carbocycles. The van der Waals surface area contributed by atoms with Crippen LogP contribution in [0.25, 0.3) is 16.9 Å². The highest BCUT2D eigenvalue weighted by Crippen LogP contribution is 2.27. The first kappa shape index (κ1) is 18.6. The molecule has 0 aliphatic heterocycles. The maximum atomic E-state index is 13.0. The Hall–Kier alpha value is -3.78. The number of ketones is 1. The number of ether oxygens (including phenoxy) is 1. The van der Waals surface area contributed by atoms with Crippen molar-refractivity contribution >= 4 is 28.7 Å². The van der Waals surface area contributed by atoms with Crippen LogP contribution in [-0.2, 0) is 0 Å². The van der Waals surface area contributed by atoms with Crippen molar-refractivity contribution in [1.82, 2.24) is 14.6 Å². The van der Waals surface area contributed by atoms with Gasteiger partial charge < -0.3 is 4.74 Å². The maximum Gasteiger partial charge on any atom is 0.270 e. The lowest BCUT2D eigenvalue weighted by molar-refractivity contribution is -0.384. The number of hydrogen-bond donors (Lipinski definition) is 0. The third-order valence-electron chi connectivity index (χ3n) is 4.35. The molecule has 2 aromatic carbocycles. The Balaban J connectivity index is 1.75. The van der Waals surface area contributed by atoms with Crippen LogP contribution in [0.2, 0.25) is 5.02 Å². The minimum absolute atomic E-state index is 0.0768. The maximum absolute atomic E-state index is 13.0. The fourth-order valence-electron chi connectivity index (χ4n) is 2.90.